The van der Waals surface area contributed by atoms with Crippen molar-refractivity contribution in [3.63, 3.8) is 0 Å². The molecule has 0 saturated heterocycles. The minimum Gasteiger partial charge on any atom is -0.337 e. The maximum Gasteiger partial charge on any atom is 0.248 e. The van der Waals surface area contributed by atoms with Gasteiger partial charge in [0.25, 0.3) is 0 Å². The number of amides is 1. The summed E-state index contributed by atoms with van der Waals surface area (Å²) in [4.78, 5) is 16.4. The van der Waals surface area contributed by atoms with Crippen LogP contribution in [0.2, 0.25) is 0 Å². The van der Waals surface area contributed by atoms with Crippen LogP contribution in [0, 0.1) is 5.82 Å². The molecule has 4 aromatic rings. The summed E-state index contributed by atoms with van der Waals surface area (Å²) < 4.78 is 17.0. The lowest BCUT2D eigenvalue weighted by Crippen LogP contribution is -2.07. The van der Waals surface area contributed by atoms with E-state index in [1.165, 1.54) is 23.8 Å². The molecule has 1 amide bonds. The largest absolute Gasteiger partial charge is 0.337 e. The fourth-order valence-corrected chi connectivity index (χ4v) is 3.32. The third-order valence-corrected chi connectivity index (χ3v) is 4.94. The summed E-state index contributed by atoms with van der Waals surface area (Å²) in [5.41, 5.74) is 4.32. The van der Waals surface area contributed by atoms with E-state index >= 15 is 0 Å². The van der Waals surface area contributed by atoms with E-state index in [-0.39, 0.29) is 11.7 Å². The second-order valence-corrected chi connectivity index (χ2v) is 7.15. The van der Waals surface area contributed by atoms with Crippen molar-refractivity contribution in [3.05, 3.63) is 96.5 Å². The average molecular weight is 415 g/mol. The summed E-state index contributed by atoms with van der Waals surface area (Å²) in [5, 5.41) is 7.12. The predicted octanol–water partition coefficient (Wildman–Crippen LogP) is 4.32. The molecule has 7 heteroatoms. The van der Waals surface area contributed by atoms with E-state index in [4.69, 9.17) is 0 Å². The first-order valence-electron chi connectivity index (χ1n) is 9.90. The summed E-state index contributed by atoms with van der Waals surface area (Å²) in [6.45, 7) is 0.857. The zero-order chi connectivity index (χ0) is 21.6. The summed E-state index contributed by atoms with van der Waals surface area (Å²) in [6.07, 6.45) is 11.2. The van der Waals surface area contributed by atoms with Crippen LogP contribution in [0.3, 0.4) is 0 Å². The molecule has 2 heterocycles. The number of rotatable bonds is 7. The van der Waals surface area contributed by atoms with E-state index in [2.05, 4.69) is 15.4 Å². The standard InChI is InChI=1S/C24H22FN5O/c1-29-24(19-4-7-21(25)8-5-19)20(16-27-29)6-11-23(31)28-22-9-2-18(3-10-22)12-14-30-15-13-26-17-30/h2-11,13,15-17H,12,14H2,1H3,(H,28,31). The normalized spacial score (nSPS) is 11.2. The molecule has 4 rings (SSSR count). The van der Waals surface area contributed by atoms with Crippen molar-refractivity contribution in [2.45, 2.75) is 13.0 Å². The van der Waals surface area contributed by atoms with E-state index in [1.54, 1.807) is 41.6 Å². The maximum absolute atomic E-state index is 13.2. The van der Waals surface area contributed by atoms with Crippen LogP contribution < -0.4 is 5.32 Å². The van der Waals surface area contributed by atoms with Crippen molar-refractivity contribution < 1.29 is 9.18 Å². The van der Waals surface area contributed by atoms with Crippen LogP contribution >= 0.6 is 0 Å². The SMILES string of the molecule is Cn1ncc(C=CC(=O)Nc2ccc(CCn3ccnc3)cc2)c1-c1ccc(F)cc1. The second-order valence-electron chi connectivity index (χ2n) is 7.15. The Kier molecular flexibility index (Phi) is 6.03. The first kappa shape index (κ1) is 20.3. The molecule has 0 fully saturated rings. The fourth-order valence-electron chi connectivity index (χ4n) is 3.32. The number of hydrogen-bond acceptors (Lipinski definition) is 3. The molecule has 156 valence electrons. The molecule has 0 radical (unpaired) electrons. The van der Waals surface area contributed by atoms with Gasteiger partial charge in [-0.25, -0.2) is 9.37 Å². The highest BCUT2D eigenvalue weighted by Gasteiger charge is 2.09. The van der Waals surface area contributed by atoms with Crippen LogP contribution in [-0.2, 0) is 24.8 Å². The number of nitrogens with zero attached hydrogens (tertiary/aromatic N) is 4. The zero-order valence-corrected chi connectivity index (χ0v) is 17.1. The van der Waals surface area contributed by atoms with Crippen molar-refractivity contribution in [3.8, 4) is 11.3 Å². The number of imidazole rings is 1. The average Bonchev–Trinajstić information content (AvgIpc) is 3.42. The Morgan fingerprint density at radius 1 is 1.13 bits per heavy atom. The molecule has 0 unspecified atom stereocenters. The number of carbonyl (C=O) groups is 1. The van der Waals surface area contributed by atoms with Gasteiger partial charge < -0.3 is 9.88 Å². The Labute approximate surface area is 179 Å². The highest BCUT2D eigenvalue weighted by atomic mass is 19.1. The van der Waals surface area contributed by atoms with Crippen molar-refractivity contribution >= 4 is 17.7 Å². The van der Waals surface area contributed by atoms with E-state index in [9.17, 15) is 9.18 Å². The molecular weight excluding hydrogens is 393 g/mol. The smallest absolute Gasteiger partial charge is 0.248 e. The quantitative estimate of drug-likeness (QED) is 0.457. The van der Waals surface area contributed by atoms with Crippen LogP contribution in [0.5, 0.6) is 0 Å². The number of carbonyl (C=O) groups excluding carboxylic acids is 1. The van der Waals surface area contributed by atoms with E-state index in [0.29, 0.717) is 0 Å². The minimum absolute atomic E-state index is 0.236. The lowest BCUT2D eigenvalue weighted by Gasteiger charge is -2.06. The summed E-state index contributed by atoms with van der Waals surface area (Å²) >= 11 is 0. The molecule has 0 aliphatic heterocycles. The molecule has 0 aliphatic rings. The number of aryl methyl sites for hydroxylation is 3. The van der Waals surface area contributed by atoms with Crippen LogP contribution in [-0.4, -0.2) is 25.2 Å². The van der Waals surface area contributed by atoms with Gasteiger partial charge in [-0.05, 0) is 54.5 Å². The van der Waals surface area contributed by atoms with Gasteiger partial charge in [0.15, 0.2) is 0 Å². The van der Waals surface area contributed by atoms with Crippen molar-refractivity contribution in [2.24, 2.45) is 7.05 Å². The van der Waals surface area contributed by atoms with Gasteiger partial charge in [-0.3, -0.25) is 9.48 Å². The Hall–Kier alpha value is -4.00. The van der Waals surface area contributed by atoms with Gasteiger partial charge in [-0.1, -0.05) is 12.1 Å². The van der Waals surface area contributed by atoms with Gasteiger partial charge in [0.2, 0.25) is 5.91 Å². The summed E-state index contributed by atoms with van der Waals surface area (Å²) in [7, 11) is 1.81. The number of nitrogens with one attached hydrogen (secondary N) is 1. The number of aromatic nitrogens is 4. The molecule has 0 aliphatic carbocycles. The second kappa shape index (κ2) is 9.21. The number of hydrogen-bond donors (Lipinski definition) is 1. The molecule has 0 bridgehead atoms. The third-order valence-electron chi connectivity index (χ3n) is 4.94. The lowest BCUT2D eigenvalue weighted by molar-refractivity contribution is -0.111. The lowest BCUT2D eigenvalue weighted by atomic mass is 10.1. The molecule has 2 aromatic heterocycles. The van der Waals surface area contributed by atoms with Gasteiger partial charge in [-0.15, -0.1) is 0 Å². The van der Waals surface area contributed by atoms with Crippen LogP contribution in [0.25, 0.3) is 17.3 Å². The Morgan fingerprint density at radius 2 is 1.90 bits per heavy atom. The monoisotopic (exact) mass is 415 g/mol. The van der Waals surface area contributed by atoms with Gasteiger partial charge in [0.1, 0.15) is 5.82 Å². The summed E-state index contributed by atoms with van der Waals surface area (Å²) in [6, 6.07) is 14.0. The summed E-state index contributed by atoms with van der Waals surface area (Å²) in [5.74, 6) is -0.532. The van der Waals surface area contributed by atoms with Crippen molar-refractivity contribution in [1.29, 1.82) is 0 Å². The molecule has 0 spiro atoms. The number of anilines is 1. The van der Waals surface area contributed by atoms with Gasteiger partial charge in [-0.2, -0.15) is 5.10 Å². The third kappa shape index (κ3) is 5.14. The molecule has 2 aromatic carbocycles. The first-order valence-corrected chi connectivity index (χ1v) is 9.90. The topological polar surface area (TPSA) is 64.7 Å². The van der Waals surface area contributed by atoms with Crippen molar-refractivity contribution in [2.75, 3.05) is 5.32 Å². The van der Waals surface area contributed by atoms with Crippen LogP contribution in [0.4, 0.5) is 10.1 Å². The van der Waals surface area contributed by atoms with Crippen LogP contribution in [0.1, 0.15) is 11.1 Å². The van der Waals surface area contributed by atoms with E-state index in [0.717, 1.165) is 35.5 Å². The number of benzene rings is 2. The van der Waals surface area contributed by atoms with Gasteiger partial charge in [0, 0.05) is 48.9 Å². The first-order chi connectivity index (χ1) is 15.1. The van der Waals surface area contributed by atoms with E-state index < -0.39 is 0 Å². The number of halogens is 1. The van der Waals surface area contributed by atoms with Gasteiger partial charge in [0.05, 0.1) is 18.2 Å². The molecule has 0 atom stereocenters. The Balaban J connectivity index is 1.38. The van der Waals surface area contributed by atoms with Crippen molar-refractivity contribution in [1.82, 2.24) is 19.3 Å². The molecule has 31 heavy (non-hydrogen) atoms. The molecule has 6 nitrogen and oxygen atoms in total. The maximum atomic E-state index is 13.2. The molecule has 0 saturated carbocycles. The van der Waals surface area contributed by atoms with Crippen LogP contribution in [0.15, 0.2) is 79.5 Å². The fraction of sp³-hybridized carbons (Fsp3) is 0.125. The zero-order valence-electron chi connectivity index (χ0n) is 17.1. The predicted molar refractivity (Wildman–Crippen MR) is 119 cm³/mol. The Bertz CT molecular complexity index is 1180. The minimum atomic E-state index is -0.296. The van der Waals surface area contributed by atoms with E-state index in [1.807, 2.05) is 42.1 Å². The van der Waals surface area contributed by atoms with Gasteiger partial charge >= 0.3 is 0 Å². The molecule has 1 N–H and O–H groups in total. The molecular formula is C24H22FN5O. The highest BCUT2D eigenvalue weighted by Crippen LogP contribution is 2.24. The Morgan fingerprint density at radius 3 is 2.61 bits per heavy atom. The highest BCUT2D eigenvalue weighted by molar-refractivity contribution is 6.02.